The Morgan fingerprint density at radius 1 is 1.25 bits per heavy atom. The van der Waals surface area contributed by atoms with E-state index in [1.165, 1.54) is 0 Å². The van der Waals surface area contributed by atoms with Crippen LogP contribution >= 0.6 is 0 Å². The van der Waals surface area contributed by atoms with Gasteiger partial charge in [0.15, 0.2) is 5.82 Å². The highest BCUT2D eigenvalue weighted by molar-refractivity contribution is 7.91. The van der Waals surface area contributed by atoms with Gasteiger partial charge in [-0.1, -0.05) is 6.92 Å². The van der Waals surface area contributed by atoms with Crippen molar-refractivity contribution in [3.63, 3.8) is 0 Å². The van der Waals surface area contributed by atoms with Gasteiger partial charge < -0.3 is 5.73 Å². The fraction of sp³-hybridized carbons (Fsp3) is 0.385. The van der Waals surface area contributed by atoms with Crippen molar-refractivity contribution in [1.29, 1.82) is 0 Å². The van der Waals surface area contributed by atoms with Gasteiger partial charge in [-0.15, -0.1) is 0 Å². The average molecular weight is 294 g/mol. The third kappa shape index (κ3) is 3.80. The van der Waals surface area contributed by atoms with Gasteiger partial charge in [0.25, 0.3) is 0 Å². The molecule has 0 fully saturated rings. The summed E-state index contributed by atoms with van der Waals surface area (Å²) in [6.07, 6.45) is 2.16. The second-order valence-electron chi connectivity index (χ2n) is 4.54. The van der Waals surface area contributed by atoms with Gasteiger partial charge in [-0.05, 0) is 30.7 Å². The van der Waals surface area contributed by atoms with E-state index in [2.05, 4.69) is 10.1 Å². The number of hydrogen-bond acceptors (Lipinski definition) is 5. The normalized spacial score (nSPS) is 11.7. The first kappa shape index (κ1) is 14.5. The van der Waals surface area contributed by atoms with Gasteiger partial charge >= 0.3 is 0 Å². The number of nitrogen functional groups attached to an aromatic ring is 1. The molecule has 2 rings (SSSR count). The number of benzene rings is 1. The number of nitrogens with zero attached hydrogens (tertiary/aromatic N) is 3. The Labute approximate surface area is 118 Å². The Morgan fingerprint density at radius 2 is 1.95 bits per heavy atom. The van der Waals surface area contributed by atoms with E-state index in [1.807, 2.05) is 12.1 Å². The summed E-state index contributed by atoms with van der Waals surface area (Å²) in [5.41, 5.74) is 7.21. The van der Waals surface area contributed by atoms with E-state index in [9.17, 15) is 8.42 Å². The maximum Gasteiger partial charge on any atom is 0.181 e. The Balaban J connectivity index is 1.97. The summed E-state index contributed by atoms with van der Waals surface area (Å²) in [4.78, 5) is 4.21. The SMILES string of the molecule is CCS(=O)(=O)CCCn1cnc(-c2ccc(N)cc2)n1. The number of nitrogens with two attached hydrogens (primary N) is 1. The van der Waals surface area contributed by atoms with Crippen molar-refractivity contribution in [1.82, 2.24) is 14.8 Å². The summed E-state index contributed by atoms with van der Waals surface area (Å²) in [7, 11) is -2.92. The minimum atomic E-state index is -2.92. The number of aryl methyl sites for hydroxylation is 1. The summed E-state index contributed by atoms with van der Waals surface area (Å²) in [6, 6.07) is 7.31. The van der Waals surface area contributed by atoms with Crippen LogP contribution in [0, 0.1) is 0 Å². The molecule has 7 heteroatoms. The molecular weight excluding hydrogens is 276 g/mol. The van der Waals surface area contributed by atoms with Crippen LogP contribution in [0.3, 0.4) is 0 Å². The Kier molecular flexibility index (Phi) is 4.39. The number of hydrogen-bond donors (Lipinski definition) is 1. The zero-order chi connectivity index (χ0) is 14.6. The van der Waals surface area contributed by atoms with Gasteiger partial charge in [-0.3, -0.25) is 4.68 Å². The number of rotatable bonds is 6. The third-order valence-electron chi connectivity index (χ3n) is 2.99. The van der Waals surface area contributed by atoms with Gasteiger partial charge in [-0.25, -0.2) is 13.4 Å². The van der Waals surface area contributed by atoms with Crippen molar-refractivity contribution in [2.75, 3.05) is 17.2 Å². The van der Waals surface area contributed by atoms with Gasteiger partial charge in [-0.2, -0.15) is 5.10 Å². The van der Waals surface area contributed by atoms with Crippen molar-refractivity contribution in [3.8, 4) is 11.4 Å². The van der Waals surface area contributed by atoms with E-state index in [0.29, 0.717) is 24.5 Å². The molecule has 0 aliphatic heterocycles. The molecule has 0 unspecified atom stereocenters. The van der Waals surface area contributed by atoms with Crippen LogP contribution in [-0.2, 0) is 16.4 Å². The smallest absolute Gasteiger partial charge is 0.181 e. The van der Waals surface area contributed by atoms with Crippen molar-refractivity contribution >= 4 is 15.5 Å². The lowest BCUT2D eigenvalue weighted by atomic mass is 10.2. The summed E-state index contributed by atoms with van der Waals surface area (Å²) in [5.74, 6) is 0.977. The molecule has 0 aliphatic carbocycles. The standard InChI is InChI=1S/C13H18N4O2S/c1-2-20(18,19)9-3-8-17-10-15-13(16-17)11-4-6-12(14)7-5-11/h4-7,10H,2-3,8-9,14H2,1H3. The fourth-order valence-corrected chi connectivity index (χ4v) is 2.62. The van der Waals surface area contributed by atoms with Crippen LogP contribution in [0.15, 0.2) is 30.6 Å². The molecule has 2 N–H and O–H groups in total. The first-order valence-electron chi connectivity index (χ1n) is 6.46. The van der Waals surface area contributed by atoms with Crippen LogP contribution in [0.2, 0.25) is 0 Å². The molecule has 20 heavy (non-hydrogen) atoms. The van der Waals surface area contributed by atoms with Gasteiger partial charge in [0, 0.05) is 23.5 Å². The van der Waals surface area contributed by atoms with Crippen LogP contribution in [0.25, 0.3) is 11.4 Å². The lowest BCUT2D eigenvalue weighted by Crippen LogP contribution is -2.11. The molecule has 0 bridgehead atoms. The van der Waals surface area contributed by atoms with Crippen LogP contribution < -0.4 is 5.73 Å². The van der Waals surface area contributed by atoms with E-state index < -0.39 is 9.84 Å². The van der Waals surface area contributed by atoms with Crippen molar-refractivity contribution in [2.24, 2.45) is 0 Å². The second kappa shape index (κ2) is 6.04. The van der Waals surface area contributed by atoms with Crippen LogP contribution in [-0.4, -0.2) is 34.7 Å². The first-order valence-corrected chi connectivity index (χ1v) is 8.28. The van der Waals surface area contributed by atoms with E-state index in [0.717, 1.165) is 5.56 Å². The van der Waals surface area contributed by atoms with E-state index in [4.69, 9.17) is 5.73 Å². The van der Waals surface area contributed by atoms with Crippen molar-refractivity contribution in [3.05, 3.63) is 30.6 Å². The molecular formula is C13H18N4O2S. The number of sulfone groups is 1. The molecule has 1 aromatic heterocycles. The largest absolute Gasteiger partial charge is 0.399 e. The third-order valence-corrected chi connectivity index (χ3v) is 4.78. The Bertz CT molecular complexity index is 662. The average Bonchev–Trinajstić information content (AvgIpc) is 2.88. The first-order chi connectivity index (χ1) is 9.50. The number of anilines is 1. The molecule has 0 aliphatic rings. The highest BCUT2D eigenvalue weighted by Gasteiger charge is 2.08. The van der Waals surface area contributed by atoms with Crippen molar-refractivity contribution in [2.45, 2.75) is 19.9 Å². The van der Waals surface area contributed by atoms with Gasteiger partial charge in [0.05, 0.1) is 5.75 Å². The zero-order valence-electron chi connectivity index (χ0n) is 11.4. The Morgan fingerprint density at radius 3 is 2.60 bits per heavy atom. The maximum atomic E-state index is 11.4. The zero-order valence-corrected chi connectivity index (χ0v) is 12.2. The van der Waals surface area contributed by atoms with E-state index >= 15 is 0 Å². The molecule has 108 valence electrons. The van der Waals surface area contributed by atoms with Crippen molar-refractivity contribution < 1.29 is 8.42 Å². The monoisotopic (exact) mass is 294 g/mol. The van der Waals surface area contributed by atoms with Crippen LogP contribution in [0.4, 0.5) is 5.69 Å². The van der Waals surface area contributed by atoms with E-state index in [-0.39, 0.29) is 11.5 Å². The van der Waals surface area contributed by atoms with Crippen LogP contribution in [0.5, 0.6) is 0 Å². The fourth-order valence-electron chi connectivity index (χ4n) is 1.76. The number of aromatic nitrogens is 3. The molecule has 0 spiro atoms. The predicted molar refractivity (Wildman–Crippen MR) is 78.8 cm³/mol. The van der Waals surface area contributed by atoms with Crippen LogP contribution in [0.1, 0.15) is 13.3 Å². The van der Waals surface area contributed by atoms with Gasteiger partial charge in [0.1, 0.15) is 16.2 Å². The molecule has 1 heterocycles. The quantitative estimate of drug-likeness (QED) is 0.812. The molecule has 0 amide bonds. The lowest BCUT2D eigenvalue weighted by Gasteiger charge is -2.01. The summed E-state index contributed by atoms with van der Waals surface area (Å²) in [6.45, 7) is 2.20. The minimum absolute atomic E-state index is 0.181. The minimum Gasteiger partial charge on any atom is -0.399 e. The molecule has 0 atom stereocenters. The highest BCUT2D eigenvalue weighted by atomic mass is 32.2. The summed E-state index contributed by atoms with van der Waals surface area (Å²) >= 11 is 0. The molecule has 6 nitrogen and oxygen atoms in total. The topological polar surface area (TPSA) is 90.9 Å². The maximum absolute atomic E-state index is 11.4. The summed E-state index contributed by atoms with van der Waals surface area (Å²) in [5, 5.41) is 4.33. The molecule has 1 aromatic carbocycles. The molecule has 2 aromatic rings. The molecule has 0 saturated carbocycles. The highest BCUT2D eigenvalue weighted by Crippen LogP contribution is 2.15. The molecule has 0 radical (unpaired) electrons. The van der Waals surface area contributed by atoms with Gasteiger partial charge in [0.2, 0.25) is 0 Å². The predicted octanol–water partition coefficient (Wildman–Crippen LogP) is 1.35. The molecule has 0 saturated heterocycles. The summed E-state index contributed by atoms with van der Waals surface area (Å²) < 4.78 is 24.4. The second-order valence-corrected chi connectivity index (χ2v) is 7.02. The Hall–Kier alpha value is -1.89. The van der Waals surface area contributed by atoms with E-state index in [1.54, 1.807) is 30.1 Å². The lowest BCUT2D eigenvalue weighted by molar-refractivity contribution is 0.573.